The molecule has 0 atom stereocenters. The highest BCUT2D eigenvalue weighted by molar-refractivity contribution is 6.12. The van der Waals surface area contributed by atoms with Gasteiger partial charge in [-0.1, -0.05) is 66.7 Å². The van der Waals surface area contributed by atoms with E-state index < -0.39 is 0 Å². The van der Waals surface area contributed by atoms with E-state index in [0.29, 0.717) is 0 Å². The molecule has 5 heteroatoms. The monoisotopic (exact) mass is 679 g/mol. The van der Waals surface area contributed by atoms with Gasteiger partial charge in [-0.25, -0.2) is 0 Å². The lowest BCUT2D eigenvalue weighted by atomic mass is 10.0. The molecule has 0 aliphatic rings. The average molecular weight is 680 g/mol. The van der Waals surface area contributed by atoms with E-state index in [1.807, 2.05) is 30.5 Å². The van der Waals surface area contributed by atoms with Crippen molar-refractivity contribution in [2.75, 3.05) is 0 Å². The maximum absolute atomic E-state index is 6.16. The zero-order valence-corrected chi connectivity index (χ0v) is 28.5. The number of nitrogens with zero attached hydrogens (tertiary/aromatic N) is 3. The summed E-state index contributed by atoms with van der Waals surface area (Å²) in [6, 6.07) is 56.4. The van der Waals surface area contributed by atoms with Crippen molar-refractivity contribution in [3.63, 3.8) is 0 Å². The molecule has 12 rings (SSSR count). The summed E-state index contributed by atoms with van der Waals surface area (Å²) in [5.41, 5.74) is 13.9. The molecule has 0 radical (unpaired) electrons. The van der Waals surface area contributed by atoms with Gasteiger partial charge in [0.2, 0.25) is 0 Å². The van der Waals surface area contributed by atoms with Crippen molar-refractivity contribution >= 4 is 87.6 Å². The molecule has 0 aliphatic carbocycles. The number of aromatic nitrogens is 3. The topological polar surface area (TPSA) is 49.0 Å². The first-order valence-corrected chi connectivity index (χ1v) is 18.0. The number of pyridine rings is 1. The Labute approximate surface area is 302 Å². The van der Waals surface area contributed by atoms with Gasteiger partial charge in [0, 0.05) is 55.3 Å². The molecule has 0 N–H and O–H groups in total. The van der Waals surface area contributed by atoms with Crippen molar-refractivity contribution in [1.82, 2.24) is 14.1 Å². The van der Waals surface area contributed by atoms with E-state index in [4.69, 9.17) is 8.83 Å². The van der Waals surface area contributed by atoms with E-state index >= 15 is 0 Å². The Morgan fingerprint density at radius 3 is 1.57 bits per heavy atom. The van der Waals surface area contributed by atoms with Crippen molar-refractivity contribution in [2.45, 2.75) is 6.42 Å². The van der Waals surface area contributed by atoms with Crippen LogP contribution in [-0.2, 0) is 6.42 Å². The minimum atomic E-state index is 0.804. The largest absolute Gasteiger partial charge is 0.456 e. The van der Waals surface area contributed by atoms with E-state index in [0.717, 1.165) is 61.8 Å². The number of para-hydroxylation sites is 3. The standard InChI is InChI=1S/C48H29N3O2/c1-4-11-40-33(8-1)36-25-29(15-19-42(36)50(40)31-17-21-45-38(27-31)35-10-3-6-13-44(35)52-45)24-30-16-20-43-37(26-30)34-9-2-5-12-41(34)51(43)32-18-22-46-39(28-32)48-47(53-46)14-7-23-49-48/h1-23,25-28H,24H2. The zero-order valence-electron chi connectivity index (χ0n) is 28.5. The first kappa shape index (κ1) is 28.6. The van der Waals surface area contributed by atoms with Crippen LogP contribution in [0, 0.1) is 0 Å². The third-order valence-electron chi connectivity index (χ3n) is 11.0. The van der Waals surface area contributed by atoms with E-state index in [-0.39, 0.29) is 0 Å². The van der Waals surface area contributed by atoms with Crippen molar-refractivity contribution < 1.29 is 8.83 Å². The summed E-state index contributed by atoms with van der Waals surface area (Å²) in [5, 5.41) is 8.27. The van der Waals surface area contributed by atoms with Crippen molar-refractivity contribution in [1.29, 1.82) is 0 Å². The highest BCUT2D eigenvalue weighted by atomic mass is 16.3. The Morgan fingerprint density at radius 2 is 0.887 bits per heavy atom. The summed E-state index contributed by atoms with van der Waals surface area (Å²) in [6.07, 6.45) is 2.65. The first-order chi connectivity index (χ1) is 26.2. The number of hydrogen-bond donors (Lipinski definition) is 0. The molecule has 5 aromatic heterocycles. The fraction of sp³-hybridized carbons (Fsp3) is 0.0208. The lowest BCUT2D eigenvalue weighted by molar-refractivity contribution is 0.668. The SMILES string of the molecule is c1ccc2c(c1)oc1ccc(-n3c4ccccc4c4cc(Cc5ccc6c(c5)c5ccccc5n6-c5ccc6oc7cccnc7c6c5)ccc43)cc12. The Balaban J connectivity index is 0.970. The Hall–Kier alpha value is -7.11. The smallest absolute Gasteiger partial charge is 0.153 e. The predicted molar refractivity (Wildman–Crippen MR) is 217 cm³/mol. The molecule has 0 saturated carbocycles. The quantitative estimate of drug-likeness (QED) is 0.186. The lowest BCUT2D eigenvalue weighted by Gasteiger charge is -2.09. The summed E-state index contributed by atoms with van der Waals surface area (Å²) in [4.78, 5) is 4.63. The van der Waals surface area contributed by atoms with Gasteiger partial charge in [-0.15, -0.1) is 0 Å². The molecule has 5 nitrogen and oxygen atoms in total. The number of hydrogen-bond acceptors (Lipinski definition) is 3. The lowest BCUT2D eigenvalue weighted by Crippen LogP contribution is -1.95. The van der Waals surface area contributed by atoms with Crippen LogP contribution in [0.5, 0.6) is 0 Å². The average Bonchev–Trinajstić information content (AvgIpc) is 3.95. The molecule has 248 valence electrons. The second-order valence-corrected chi connectivity index (χ2v) is 14.0. The van der Waals surface area contributed by atoms with Crippen molar-refractivity contribution in [3.05, 3.63) is 175 Å². The third-order valence-corrected chi connectivity index (χ3v) is 11.0. The minimum Gasteiger partial charge on any atom is -0.456 e. The summed E-state index contributed by atoms with van der Waals surface area (Å²) in [5.74, 6) is 0. The van der Waals surface area contributed by atoms with Crippen LogP contribution in [0.1, 0.15) is 11.1 Å². The highest BCUT2D eigenvalue weighted by Crippen LogP contribution is 2.38. The number of furan rings is 2. The van der Waals surface area contributed by atoms with Crippen LogP contribution in [0.4, 0.5) is 0 Å². The number of rotatable bonds is 4. The molecule has 53 heavy (non-hydrogen) atoms. The van der Waals surface area contributed by atoms with Gasteiger partial charge < -0.3 is 18.0 Å². The first-order valence-electron chi connectivity index (χ1n) is 18.0. The molecule has 0 aliphatic heterocycles. The summed E-state index contributed by atoms with van der Waals surface area (Å²) < 4.78 is 17.0. The highest BCUT2D eigenvalue weighted by Gasteiger charge is 2.17. The molecule has 0 fully saturated rings. The zero-order chi connectivity index (χ0) is 34.6. The maximum Gasteiger partial charge on any atom is 0.153 e. The fourth-order valence-corrected chi connectivity index (χ4v) is 8.63. The van der Waals surface area contributed by atoms with E-state index in [1.165, 1.54) is 54.7 Å². The molecule has 5 heterocycles. The molecule has 0 unspecified atom stereocenters. The van der Waals surface area contributed by atoms with Crippen LogP contribution >= 0.6 is 0 Å². The Morgan fingerprint density at radius 1 is 0.377 bits per heavy atom. The summed E-state index contributed by atoms with van der Waals surface area (Å²) in [7, 11) is 0. The van der Waals surface area contributed by atoms with Crippen molar-refractivity contribution in [3.8, 4) is 11.4 Å². The van der Waals surface area contributed by atoms with Crippen LogP contribution in [0.2, 0.25) is 0 Å². The maximum atomic E-state index is 6.16. The van der Waals surface area contributed by atoms with Gasteiger partial charge in [-0.3, -0.25) is 4.98 Å². The van der Waals surface area contributed by atoms with Crippen LogP contribution in [0.3, 0.4) is 0 Å². The fourth-order valence-electron chi connectivity index (χ4n) is 8.63. The second-order valence-electron chi connectivity index (χ2n) is 14.0. The van der Waals surface area contributed by atoms with Crippen LogP contribution in [0.15, 0.2) is 173 Å². The van der Waals surface area contributed by atoms with E-state index in [2.05, 4.69) is 148 Å². The van der Waals surface area contributed by atoms with Crippen molar-refractivity contribution in [2.24, 2.45) is 0 Å². The molecular weight excluding hydrogens is 651 g/mol. The number of benzene rings is 7. The van der Waals surface area contributed by atoms with Gasteiger partial charge in [0.25, 0.3) is 0 Å². The predicted octanol–water partition coefficient (Wildman–Crippen LogP) is 12.7. The van der Waals surface area contributed by atoms with Gasteiger partial charge in [0.15, 0.2) is 5.58 Å². The summed E-state index contributed by atoms with van der Waals surface area (Å²) >= 11 is 0. The van der Waals surface area contributed by atoms with E-state index in [9.17, 15) is 0 Å². The van der Waals surface area contributed by atoms with E-state index in [1.54, 1.807) is 0 Å². The van der Waals surface area contributed by atoms with Gasteiger partial charge in [0.1, 0.15) is 22.3 Å². The molecule has 12 aromatic rings. The molecule has 0 bridgehead atoms. The van der Waals surface area contributed by atoms with Gasteiger partial charge in [-0.05, 0) is 109 Å². The molecular formula is C48H29N3O2. The Kier molecular flexibility index (Phi) is 5.77. The normalized spacial score (nSPS) is 12.2. The van der Waals surface area contributed by atoms with Crippen LogP contribution in [0.25, 0.3) is 99.0 Å². The van der Waals surface area contributed by atoms with Gasteiger partial charge in [0.05, 0.1) is 22.1 Å². The third kappa shape index (κ3) is 4.16. The van der Waals surface area contributed by atoms with Gasteiger partial charge in [-0.2, -0.15) is 0 Å². The minimum absolute atomic E-state index is 0.804. The van der Waals surface area contributed by atoms with Crippen LogP contribution < -0.4 is 0 Å². The molecule has 0 amide bonds. The van der Waals surface area contributed by atoms with Crippen LogP contribution in [-0.4, -0.2) is 14.1 Å². The summed E-state index contributed by atoms with van der Waals surface area (Å²) in [6.45, 7) is 0. The second kappa shape index (κ2) is 10.7. The molecule has 0 spiro atoms. The molecule has 0 saturated heterocycles. The molecule has 7 aromatic carbocycles. The van der Waals surface area contributed by atoms with Gasteiger partial charge >= 0.3 is 0 Å². The number of fused-ring (bicyclic) bond motifs is 12. The Bertz CT molecular complexity index is 3220.